The molecule has 2 heterocycles. The van der Waals surface area contributed by atoms with Crippen molar-refractivity contribution in [3.05, 3.63) is 78.2 Å². The second-order valence-corrected chi connectivity index (χ2v) is 6.31. The van der Waals surface area contributed by atoms with Gasteiger partial charge in [-0.3, -0.25) is 9.78 Å². The summed E-state index contributed by atoms with van der Waals surface area (Å²) >= 11 is 0. The van der Waals surface area contributed by atoms with E-state index in [1.807, 2.05) is 24.3 Å². The lowest BCUT2D eigenvalue weighted by Gasteiger charge is -2.10. The Hall–Kier alpha value is -3.25. The number of amides is 1. The Morgan fingerprint density at radius 2 is 1.89 bits per heavy atom. The predicted octanol–water partition coefficient (Wildman–Crippen LogP) is 4.03. The van der Waals surface area contributed by atoms with Crippen LogP contribution in [0.3, 0.4) is 0 Å². The van der Waals surface area contributed by atoms with Gasteiger partial charge in [0.15, 0.2) is 0 Å². The standard InChI is InChI=1S/C21H19N3O3/c25-21(16-3-1-15(2-4-16)17-9-12-26-14-17)24-18-5-7-19(8-6-18)27-20-13-22-10-11-23-20/h1-8,10-11,13,17H,9,12,14H2,(H,24,25). The molecule has 2 aromatic carbocycles. The first-order chi connectivity index (χ1) is 13.3. The van der Waals surface area contributed by atoms with Crippen LogP contribution in [0, 0.1) is 0 Å². The second-order valence-electron chi connectivity index (χ2n) is 6.31. The quantitative estimate of drug-likeness (QED) is 0.743. The van der Waals surface area contributed by atoms with Gasteiger partial charge in [-0.1, -0.05) is 12.1 Å². The maximum absolute atomic E-state index is 12.4. The molecule has 6 nitrogen and oxygen atoms in total. The predicted molar refractivity (Wildman–Crippen MR) is 101 cm³/mol. The van der Waals surface area contributed by atoms with Gasteiger partial charge in [-0.05, 0) is 48.4 Å². The number of rotatable bonds is 5. The average Bonchev–Trinajstić information content (AvgIpc) is 3.25. The van der Waals surface area contributed by atoms with E-state index >= 15 is 0 Å². The summed E-state index contributed by atoms with van der Waals surface area (Å²) in [5, 5.41) is 2.89. The van der Waals surface area contributed by atoms with Crippen molar-refractivity contribution in [3.63, 3.8) is 0 Å². The molecule has 0 spiro atoms. The highest BCUT2D eigenvalue weighted by Gasteiger charge is 2.18. The third-order valence-corrected chi connectivity index (χ3v) is 4.45. The third-order valence-electron chi connectivity index (χ3n) is 4.45. The monoisotopic (exact) mass is 361 g/mol. The number of nitrogens with one attached hydrogen (secondary N) is 1. The molecule has 0 bridgehead atoms. The summed E-state index contributed by atoms with van der Waals surface area (Å²) in [7, 11) is 0. The van der Waals surface area contributed by atoms with E-state index in [1.54, 1.807) is 36.7 Å². The Bertz CT molecular complexity index is 890. The fourth-order valence-corrected chi connectivity index (χ4v) is 2.97. The van der Waals surface area contributed by atoms with Crippen molar-refractivity contribution in [2.24, 2.45) is 0 Å². The Labute approximate surface area is 157 Å². The average molecular weight is 361 g/mol. The van der Waals surface area contributed by atoms with Crippen LogP contribution in [0.15, 0.2) is 67.1 Å². The Kier molecular flexibility index (Phi) is 5.07. The van der Waals surface area contributed by atoms with Gasteiger partial charge in [0, 0.05) is 36.2 Å². The number of nitrogens with zero attached hydrogens (tertiary/aromatic N) is 2. The highest BCUT2D eigenvalue weighted by Crippen LogP contribution is 2.25. The molecule has 1 fully saturated rings. The lowest BCUT2D eigenvalue weighted by Crippen LogP contribution is -2.12. The first-order valence-corrected chi connectivity index (χ1v) is 8.81. The lowest BCUT2D eigenvalue weighted by molar-refractivity contribution is 0.102. The van der Waals surface area contributed by atoms with Gasteiger partial charge < -0.3 is 14.8 Å². The van der Waals surface area contributed by atoms with Crippen LogP contribution in [0.2, 0.25) is 0 Å². The molecule has 0 saturated carbocycles. The number of carbonyl (C=O) groups excluding carboxylic acids is 1. The van der Waals surface area contributed by atoms with Crippen LogP contribution in [0.25, 0.3) is 0 Å². The number of hydrogen-bond donors (Lipinski definition) is 1. The molecule has 0 radical (unpaired) electrons. The van der Waals surface area contributed by atoms with E-state index in [4.69, 9.17) is 9.47 Å². The van der Waals surface area contributed by atoms with Gasteiger partial charge in [0.05, 0.1) is 12.8 Å². The highest BCUT2D eigenvalue weighted by molar-refractivity contribution is 6.04. The number of benzene rings is 2. The minimum atomic E-state index is -0.146. The molecule has 1 aromatic heterocycles. The van der Waals surface area contributed by atoms with E-state index in [1.165, 1.54) is 11.8 Å². The number of ether oxygens (including phenoxy) is 2. The topological polar surface area (TPSA) is 73.3 Å². The first-order valence-electron chi connectivity index (χ1n) is 8.81. The molecule has 1 aliphatic heterocycles. The normalized spacial score (nSPS) is 16.1. The smallest absolute Gasteiger partial charge is 0.255 e. The maximum atomic E-state index is 12.4. The van der Waals surface area contributed by atoms with Crippen LogP contribution in [-0.2, 0) is 4.74 Å². The lowest BCUT2D eigenvalue weighted by atomic mass is 9.97. The van der Waals surface area contributed by atoms with E-state index in [9.17, 15) is 4.79 Å². The van der Waals surface area contributed by atoms with Gasteiger partial charge in [0.1, 0.15) is 5.75 Å². The van der Waals surface area contributed by atoms with Gasteiger partial charge in [0.25, 0.3) is 5.91 Å². The second kappa shape index (κ2) is 7.97. The Balaban J connectivity index is 1.37. The molecule has 1 N–H and O–H groups in total. The molecule has 0 aliphatic carbocycles. The molecule has 1 unspecified atom stereocenters. The zero-order valence-corrected chi connectivity index (χ0v) is 14.7. The first kappa shape index (κ1) is 17.2. The van der Waals surface area contributed by atoms with E-state index in [0.717, 1.165) is 19.6 Å². The van der Waals surface area contributed by atoms with Crippen LogP contribution < -0.4 is 10.1 Å². The van der Waals surface area contributed by atoms with Crippen molar-refractivity contribution >= 4 is 11.6 Å². The number of anilines is 1. The molecule has 4 rings (SSSR count). The van der Waals surface area contributed by atoms with Crippen LogP contribution in [0.4, 0.5) is 5.69 Å². The molecule has 6 heteroatoms. The third kappa shape index (κ3) is 4.30. The summed E-state index contributed by atoms with van der Waals surface area (Å²) in [5.74, 6) is 1.33. The molecular weight excluding hydrogens is 342 g/mol. The molecule has 1 aliphatic rings. The van der Waals surface area contributed by atoms with Gasteiger partial charge in [-0.15, -0.1) is 0 Å². The zero-order valence-electron chi connectivity index (χ0n) is 14.7. The summed E-state index contributed by atoms with van der Waals surface area (Å²) in [6.45, 7) is 1.57. The van der Waals surface area contributed by atoms with Gasteiger partial charge >= 0.3 is 0 Å². The van der Waals surface area contributed by atoms with E-state index in [0.29, 0.717) is 28.8 Å². The molecule has 136 valence electrons. The minimum Gasteiger partial charge on any atom is -0.438 e. The minimum absolute atomic E-state index is 0.146. The largest absolute Gasteiger partial charge is 0.438 e. The van der Waals surface area contributed by atoms with Crippen molar-refractivity contribution in [1.82, 2.24) is 9.97 Å². The highest BCUT2D eigenvalue weighted by atomic mass is 16.5. The van der Waals surface area contributed by atoms with E-state index in [2.05, 4.69) is 15.3 Å². The van der Waals surface area contributed by atoms with Gasteiger partial charge in [-0.25, -0.2) is 4.98 Å². The number of carbonyl (C=O) groups is 1. The van der Waals surface area contributed by atoms with Crippen LogP contribution in [0.1, 0.15) is 28.3 Å². The Morgan fingerprint density at radius 3 is 2.56 bits per heavy atom. The number of aromatic nitrogens is 2. The molecule has 3 aromatic rings. The summed E-state index contributed by atoms with van der Waals surface area (Å²) in [4.78, 5) is 20.4. The summed E-state index contributed by atoms with van der Waals surface area (Å²) < 4.78 is 11.0. The summed E-state index contributed by atoms with van der Waals surface area (Å²) in [5.41, 5.74) is 2.53. The van der Waals surface area contributed by atoms with Crippen LogP contribution >= 0.6 is 0 Å². The number of hydrogen-bond acceptors (Lipinski definition) is 5. The zero-order chi connectivity index (χ0) is 18.5. The van der Waals surface area contributed by atoms with E-state index < -0.39 is 0 Å². The SMILES string of the molecule is O=C(Nc1ccc(Oc2cnccn2)cc1)c1ccc(C2CCOC2)cc1. The molecule has 27 heavy (non-hydrogen) atoms. The van der Waals surface area contributed by atoms with Crippen LogP contribution in [0.5, 0.6) is 11.6 Å². The van der Waals surface area contributed by atoms with Crippen LogP contribution in [-0.4, -0.2) is 29.1 Å². The fourth-order valence-electron chi connectivity index (χ4n) is 2.97. The van der Waals surface area contributed by atoms with Crippen molar-refractivity contribution in [2.75, 3.05) is 18.5 Å². The van der Waals surface area contributed by atoms with Crippen molar-refractivity contribution in [2.45, 2.75) is 12.3 Å². The maximum Gasteiger partial charge on any atom is 0.255 e. The Morgan fingerprint density at radius 1 is 1.07 bits per heavy atom. The van der Waals surface area contributed by atoms with E-state index in [-0.39, 0.29) is 5.91 Å². The molecule has 1 saturated heterocycles. The van der Waals surface area contributed by atoms with Crippen molar-refractivity contribution < 1.29 is 14.3 Å². The molecule has 1 atom stereocenters. The molecule has 1 amide bonds. The van der Waals surface area contributed by atoms with Crippen molar-refractivity contribution in [3.8, 4) is 11.6 Å². The van der Waals surface area contributed by atoms with Gasteiger partial charge in [-0.2, -0.15) is 0 Å². The van der Waals surface area contributed by atoms with Crippen molar-refractivity contribution in [1.29, 1.82) is 0 Å². The molecular formula is C21H19N3O3. The summed E-state index contributed by atoms with van der Waals surface area (Å²) in [6.07, 6.45) is 5.72. The van der Waals surface area contributed by atoms with Gasteiger partial charge in [0.2, 0.25) is 5.88 Å². The summed E-state index contributed by atoms with van der Waals surface area (Å²) in [6, 6.07) is 14.8. The fraction of sp³-hybridized carbons (Fsp3) is 0.190.